The summed E-state index contributed by atoms with van der Waals surface area (Å²) in [5.41, 5.74) is 0.645. The Hall–Kier alpha value is -3.35. The zero-order chi connectivity index (χ0) is 22.1. The average molecular weight is 412 g/mol. The van der Waals surface area contributed by atoms with Crippen LogP contribution in [0.15, 0.2) is 66.0 Å². The lowest BCUT2D eigenvalue weighted by Crippen LogP contribution is -2.37. The van der Waals surface area contributed by atoms with E-state index < -0.39 is 17.8 Å². The molecule has 7 nitrogen and oxygen atoms in total. The Balaban J connectivity index is 2.17. The Bertz CT molecular complexity index is 863. The van der Waals surface area contributed by atoms with Gasteiger partial charge in [0.1, 0.15) is 12.2 Å². The van der Waals surface area contributed by atoms with Crippen LogP contribution in [0.4, 0.5) is 9.59 Å². The lowest BCUT2D eigenvalue weighted by molar-refractivity contribution is -0.116. The first-order valence-corrected chi connectivity index (χ1v) is 9.75. The summed E-state index contributed by atoms with van der Waals surface area (Å²) in [5, 5.41) is 2.61. The van der Waals surface area contributed by atoms with Crippen LogP contribution < -0.4 is 5.32 Å². The van der Waals surface area contributed by atoms with E-state index in [-0.39, 0.29) is 36.6 Å². The predicted octanol–water partition coefficient (Wildman–Crippen LogP) is 4.47. The quantitative estimate of drug-likeness (QED) is 0.722. The molecule has 0 spiro atoms. The molecule has 0 aliphatic carbocycles. The summed E-state index contributed by atoms with van der Waals surface area (Å²) in [6.07, 6.45) is 5.32. The number of alkyl carbamates (subject to hydrolysis) is 1. The van der Waals surface area contributed by atoms with Gasteiger partial charge < -0.3 is 9.47 Å². The second-order valence-electron chi connectivity index (χ2n) is 7.68. The zero-order valence-electron chi connectivity index (χ0n) is 17.8. The summed E-state index contributed by atoms with van der Waals surface area (Å²) in [4.78, 5) is 38.5. The number of hydrogen-bond donors (Lipinski definition) is 1. The van der Waals surface area contributed by atoms with Crippen molar-refractivity contribution < 1.29 is 23.9 Å². The highest BCUT2D eigenvalue weighted by Crippen LogP contribution is 2.20. The molecule has 1 heterocycles. The van der Waals surface area contributed by atoms with Crippen LogP contribution in [0.5, 0.6) is 0 Å². The number of rotatable bonds is 5. The van der Waals surface area contributed by atoms with E-state index in [9.17, 15) is 14.4 Å². The molecule has 2 amide bonds. The SMILES string of the molecule is C/C=C/C=C(/NC(=O)OC(C)(C)C)C1=CN(C(=O)OCc2ccccc2)CCC1=O. The number of nitrogens with zero attached hydrogens (tertiary/aromatic N) is 1. The second kappa shape index (κ2) is 10.4. The summed E-state index contributed by atoms with van der Waals surface area (Å²) in [5.74, 6) is -0.186. The molecule has 1 aromatic rings. The van der Waals surface area contributed by atoms with Gasteiger partial charge in [0.2, 0.25) is 0 Å². The van der Waals surface area contributed by atoms with Crippen molar-refractivity contribution in [3.8, 4) is 0 Å². The van der Waals surface area contributed by atoms with Gasteiger partial charge in [0, 0.05) is 19.2 Å². The molecule has 1 N–H and O–H groups in total. The normalized spacial score (nSPS) is 15.1. The highest BCUT2D eigenvalue weighted by Gasteiger charge is 2.27. The Labute approximate surface area is 177 Å². The van der Waals surface area contributed by atoms with Crippen molar-refractivity contribution in [3.05, 3.63) is 71.6 Å². The molecule has 2 rings (SSSR count). The smallest absolute Gasteiger partial charge is 0.414 e. The van der Waals surface area contributed by atoms with Gasteiger partial charge in [0.25, 0.3) is 0 Å². The lowest BCUT2D eigenvalue weighted by atomic mass is 10.0. The fourth-order valence-corrected chi connectivity index (χ4v) is 2.62. The maximum atomic E-state index is 12.5. The van der Waals surface area contributed by atoms with Gasteiger partial charge in [-0.2, -0.15) is 0 Å². The highest BCUT2D eigenvalue weighted by atomic mass is 16.6. The van der Waals surface area contributed by atoms with Crippen LogP contribution in [0.1, 0.15) is 39.7 Å². The molecule has 0 aromatic heterocycles. The first kappa shape index (κ1) is 22.9. The van der Waals surface area contributed by atoms with E-state index in [1.165, 1.54) is 11.1 Å². The van der Waals surface area contributed by atoms with Crippen LogP contribution in [0.25, 0.3) is 0 Å². The number of allylic oxidation sites excluding steroid dienone is 4. The summed E-state index contributed by atoms with van der Waals surface area (Å²) >= 11 is 0. The number of Topliss-reactive ketones (excluding diaryl/α,β-unsaturated/α-hetero) is 1. The molecule has 1 aliphatic heterocycles. The number of carbonyl (C=O) groups excluding carboxylic acids is 3. The van der Waals surface area contributed by atoms with Crippen molar-refractivity contribution in [2.75, 3.05) is 6.54 Å². The Kier molecular flexibility index (Phi) is 7.98. The third-order valence-corrected chi connectivity index (χ3v) is 3.99. The molecule has 0 radical (unpaired) electrons. The minimum atomic E-state index is -0.686. The van der Waals surface area contributed by atoms with Crippen LogP contribution in [-0.2, 0) is 20.9 Å². The van der Waals surface area contributed by atoms with Gasteiger partial charge in [-0.25, -0.2) is 9.59 Å². The Morgan fingerprint density at radius 1 is 1.20 bits per heavy atom. The van der Waals surface area contributed by atoms with Crippen molar-refractivity contribution in [2.45, 2.75) is 46.3 Å². The monoisotopic (exact) mass is 412 g/mol. The van der Waals surface area contributed by atoms with Crippen LogP contribution in [0.2, 0.25) is 0 Å². The van der Waals surface area contributed by atoms with E-state index in [0.29, 0.717) is 0 Å². The van der Waals surface area contributed by atoms with Gasteiger partial charge in [-0.05, 0) is 39.3 Å². The zero-order valence-corrected chi connectivity index (χ0v) is 17.8. The largest absolute Gasteiger partial charge is 0.444 e. The standard InChI is InChI=1S/C23H28N2O5/c1-5-6-12-19(24-21(27)30-23(2,3)4)18-15-25(14-13-20(18)26)22(28)29-16-17-10-8-7-9-11-17/h5-12,15H,13-14,16H2,1-4H3,(H,24,27)/b6-5+,19-12+. The molecule has 1 aliphatic rings. The Morgan fingerprint density at radius 2 is 1.90 bits per heavy atom. The molecule has 30 heavy (non-hydrogen) atoms. The van der Waals surface area contributed by atoms with Gasteiger partial charge in [-0.1, -0.05) is 42.5 Å². The first-order valence-electron chi connectivity index (χ1n) is 9.75. The average Bonchev–Trinajstić information content (AvgIpc) is 2.69. The summed E-state index contributed by atoms with van der Waals surface area (Å²) in [6.45, 7) is 7.39. The number of ether oxygens (including phenoxy) is 2. The second-order valence-corrected chi connectivity index (χ2v) is 7.68. The molecule has 0 bridgehead atoms. The van der Waals surface area contributed by atoms with Gasteiger partial charge in [0.15, 0.2) is 5.78 Å². The first-order chi connectivity index (χ1) is 14.2. The maximum Gasteiger partial charge on any atom is 0.414 e. The molecule has 7 heteroatoms. The van der Waals surface area contributed by atoms with Gasteiger partial charge >= 0.3 is 12.2 Å². The van der Waals surface area contributed by atoms with Crippen LogP contribution >= 0.6 is 0 Å². The molecule has 160 valence electrons. The van der Waals surface area contributed by atoms with Crippen LogP contribution in [0, 0.1) is 0 Å². The topological polar surface area (TPSA) is 84.9 Å². The van der Waals surface area contributed by atoms with Crippen molar-refractivity contribution >= 4 is 18.0 Å². The van der Waals surface area contributed by atoms with E-state index in [1.807, 2.05) is 37.3 Å². The molecule has 0 atom stereocenters. The van der Waals surface area contributed by atoms with Crippen LogP contribution in [-0.4, -0.2) is 35.0 Å². The summed E-state index contributed by atoms with van der Waals surface area (Å²) in [6, 6.07) is 9.32. The lowest BCUT2D eigenvalue weighted by Gasteiger charge is -2.26. The van der Waals surface area contributed by atoms with E-state index in [4.69, 9.17) is 9.47 Å². The molecular weight excluding hydrogens is 384 g/mol. The summed E-state index contributed by atoms with van der Waals surface area (Å²) in [7, 11) is 0. The number of carbonyl (C=O) groups is 3. The number of amides is 2. The van der Waals surface area contributed by atoms with Crippen molar-refractivity contribution in [1.82, 2.24) is 10.2 Å². The molecule has 0 unspecified atom stereocenters. The third-order valence-electron chi connectivity index (χ3n) is 3.99. The third kappa shape index (κ3) is 7.24. The molecule has 0 saturated heterocycles. The minimum Gasteiger partial charge on any atom is -0.444 e. The van der Waals surface area contributed by atoms with Gasteiger partial charge in [-0.15, -0.1) is 0 Å². The van der Waals surface area contributed by atoms with E-state index in [0.717, 1.165) is 5.56 Å². The number of nitrogens with one attached hydrogen (secondary N) is 1. The number of hydrogen-bond acceptors (Lipinski definition) is 5. The van der Waals surface area contributed by atoms with Crippen molar-refractivity contribution in [3.63, 3.8) is 0 Å². The van der Waals surface area contributed by atoms with E-state index in [2.05, 4.69) is 5.32 Å². The molecule has 0 saturated carbocycles. The van der Waals surface area contributed by atoms with Crippen LogP contribution in [0.3, 0.4) is 0 Å². The minimum absolute atomic E-state index is 0.120. The maximum absolute atomic E-state index is 12.5. The van der Waals surface area contributed by atoms with Gasteiger partial charge in [-0.3, -0.25) is 15.0 Å². The summed E-state index contributed by atoms with van der Waals surface area (Å²) < 4.78 is 10.6. The Morgan fingerprint density at radius 3 is 2.53 bits per heavy atom. The fourth-order valence-electron chi connectivity index (χ4n) is 2.62. The molecule has 1 aromatic carbocycles. The fraction of sp³-hybridized carbons (Fsp3) is 0.348. The highest BCUT2D eigenvalue weighted by molar-refractivity contribution is 6.01. The van der Waals surface area contributed by atoms with Gasteiger partial charge in [0.05, 0.1) is 11.3 Å². The van der Waals surface area contributed by atoms with Crippen molar-refractivity contribution in [1.29, 1.82) is 0 Å². The number of benzene rings is 1. The molecular formula is C23H28N2O5. The van der Waals surface area contributed by atoms with E-state index in [1.54, 1.807) is 39.0 Å². The van der Waals surface area contributed by atoms with Crippen molar-refractivity contribution in [2.24, 2.45) is 0 Å². The number of ketones is 1. The van der Waals surface area contributed by atoms with E-state index >= 15 is 0 Å². The molecule has 0 fully saturated rings. The predicted molar refractivity (Wildman–Crippen MR) is 113 cm³/mol.